The SMILES string of the molecule is COc1ccc(CO[C@@H](CCCC(=O)CCC=C=C(C)CC(C)(CO[Si](c2ccccc2)(c2ccccc2)C(C)(C)C)CO[Si](c2ccccc2)(c2ccccc2)C(C)(C)C)[C@@H](C)CO[Si](c2ccccc2)(c2ccccc2)C(C)(C)C)cc1. The molecule has 444 valence electrons. The molecular weight excluding hydrogens is 1080 g/mol. The number of allylic oxidation sites excluding steroid dienone is 1. The highest BCUT2D eigenvalue weighted by Gasteiger charge is 2.54. The van der Waals surface area contributed by atoms with Crippen molar-refractivity contribution in [2.45, 2.75) is 149 Å². The van der Waals surface area contributed by atoms with E-state index in [2.05, 4.69) is 289 Å². The number of Topliss-reactive ketones (excluding diaryl/α,β-unsaturated/α-hetero) is 1. The van der Waals surface area contributed by atoms with Gasteiger partial charge in [-0.05, 0) is 108 Å². The number of hydrogen-bond donors (Lipinski definition) is 0. The molecule has 0 aliphatic carbocycles. The molecule has 7 aromatic rings. The molecule has 0 saturated heterocycles. The second kappa shape index (κ2) is 29.4. The summed E-state index contributed by atoms with van der Waals surface area (Å²) in [6, 6.07) is 73.4. The molecule has 0 aliphatic heterocycles. The summed E-state index contributed by atoms with van der Waals surface area (Å²) >= 11 is 0. The van der Waals surface area contributed by atoms with Crippen molar-refractivity contribution in [1.82, 2.24) is 0 Å². The fraction of sp³-hybridized carbons (Fsp3) is 0.387. The number of benzene rings is 7. The van der Waals surface area contributed by atoms with Crippen LogP contribution in [0.15, 0.2) is 224 Å². The number of hydrogen-bond acceptors (Lipinski definition) is 6. The minimum atomic E-state index is -2.92. The minimum Gasteiger partial charge on any atom is -0.497 e. The van der Waals surface area contributed by atoms with Crippen LogP contribution in [0.4, 0.5) is 0 Å². The van der Waals surface area contributed by atoms with Gasteiger partial charge in [0.05, 0.1) is 19.8 Å². The van der Waals surface area contributed by atoms with Gasteiger partial charge in [-0.3, -0.25) is 4.79 Å². The second-order valence-electron chi connectivity index (χ2n) is 26.6. The van der Waals surface area contributed by atoms with Gasteiger partial charge in [-0.15, -0.1) is 5.73 Å². The molecule has 0 spiro atoms. The lowest BCUT2D eigenvalue weighted by Gasteiger charge is -2.47. The average molecular weight is 1180 g/mol. The third-order valence-corrected chi connectivity index (χ3v) is 31.9. The van der Waals surface area contributed by atoms with Crippen LogP contribution in [0, 0.1) is 11.3 Å². The first-order valence-corrected chi connectivity index (χ1v) is 36.2. The highest BCUT2D eigenvalue weighted by Crippen LogP contribution is 2.42. The zero-order valence-electron chi connectivity index (χ0n) is 52.9. The van der Waals surface area contributed by atoms with Gasteiger partial charge in [-0.25, -0.2) is 0 Å². The third kappa shape index (κ3) is 15.9. The molecule has 0 saturated carbocycles. The molecule has 7 rings (SSSR count). The molecule has 9 heteroatoms. The Morgan fingerprint density at radius 3 is 1.20 bits per heavy atom. The summed E-state index contributed by atoms with van der Waals surface area (Å²) in [4.78, 5) is 13.8. The third-order valence-electron chi connectivity index (χ3n) is 16.9. The van der Waals surface area contributed by atoms with E-state index in [1.807, 2.05) is 12.1 Å². The largest absolute Gasteiger partial charge is 0.497 e. The Balaban J connectivity index is 1.10. The minimum absolute atomic E-state index is 0.0605. The summed E-state index contributed by atoms with van der Waals surface area (Å²) in [5.41, 5.74) is 5.39. The van der Waals surface area contributed by atoms with Gasteiger partial charge in [0.15, 0.2) is 0 Å². The van der Waals surface area contributed by atoms with Gasteiger partial charge < -0.3 is 22.8 Å². The molecule has 7 aromatic carbocycles. The van der Waals surface area contributed by atoms with Gasteiger partial charge in [0.2, 0.25) is 0 Å². The van der Waals surface area contributed by atoms with E-state index in [-0.39, 0.29) is 32.9 Å². The van der Waals surface area contributed by atoms with Crippen molar-refractivity contribution >= 4 is 61.9 Å². The van der Waals surface area contributed by atoms with E-state index in [9.17, 15) is 4.79 Å². The molecule has 2 atom stereocenters. The second-order valence-corrected chi connectivity index (χ2v) is 39.6. The molecule has 6 nitrogen and oxygen atoms in total. The van der Waals surface area contributed by atoms with Crippen LogP contribution in [0.2, 0.25) is 15.1 Å². The average Bonchev–Trinajstić information content (AvgIpc) is 1.95. The molecule has 0 aromatic heterocycles. The van der Waals surface area contributed by atoms with E-state index in [0.29, 0.717) is 52.1 Å². The van der Waals surface area contributed by atoms with Crippen LogP contribution in [0.25, 0.3) is 0 Å². The van der Waals surface area contributed by atoms with Crippen LogP contribution in [0.5, 0.6) is 5.75 Å². The number of carbonyl (C=O) groups is 1. The summed E-state index contributed by atoms with van der Waals surface area (Å²) < 4.78 is 35.3. The molecule has 0 fully saturated rings. The topological polar surface area (TPSA) is 63.2 Å². The van der Waals surface area contributed by atoms with E-state index in [1.165, 1.54) is 31.1 Å². The van der Waals surface area contributed by atoms with Gasteiger partial charge in [0, 0.05) is 44.0 Å². The molecule has 0 unspecified atom stereocenters. The lowest BCUT2D eigenvalue weighted by Crippen LogP contribution is -2.68. The van der Waals surface area contributed by atoms with Crippen molar-refractivity contribution in [3.8, 4) is 5.75 Å². The number of rotatable bonds is 29. The maximum atomic E-state index is 13.8. The van der Waals surface area contributed by atoms with Gasteiger partial charge in [-0.2, -0.15) is 0 Å². The quantitative estimate of drug-likeness (QED) is 0.0344. The van der Waals surface area contributed by atoms with Crippen LogP contribution >= 0.6 is 0 Å². The number of ether oxygens (including phenoxy) is 2. The molecule has 0 aliphatic rings. The Bertz CT molecular complexity index is 2920. The van der Waals surface area contributed by atoms with Crippen molar-refractivity contribution in [1.29, 1.82) is 0 Å². The molecule has 0 heterocycles. The van der Waals surface area contributed by atoms with Gasteiger partial charge in [0.25, 0.3) is 25.0 Å². The van der Waals surface area contributed by atoms with Crippen molar-refractivity contribution < 1.29 is 27.5 Å². The number of carbonyl (C=O) groups excluding carboxylic acids is 1. The van der Waals surface area contributed by atoms with Crippen LogP contribution in [0.3, 0.4) is 0 Å². The Morgan fingerprint density at radius 1 is 0.500 bits per heavy atom. The summed E-state index contributed by atoms with van der Waals surface area (Å²) in [5, 5.41) is 6.97. The Labute approximate surface area is 509 Å². The van der Waals surface area contributed by atoms with Gasteiger partial charge in [-0.1, -0.05) is 270 Å². The normalized spacial score (nSPS) is 13.4. The van der Waals surface area contributed by atoms with E-state index < -0.39 is 30.4 Å². The zero-order valence-corrected chi connectivity index (χ0v) is 55.9. The van der Waals surface area contributed by atoms with Crippen molar-refractivity contribution in [3.05, 3.63) is 229 Å². The summed E-state index contributed by atoms with van der Waals surface area (Å²) in [7, 11) is -6.94. The maximum Gasteiger partial charge on any atom is 0.261 e. The van der Waals surface area contributed by atoms with Crippen molar-refractivity contribution in [2.24, 2.45) is 11.3 Å². The first-order chi connectivity index (χ1) is 40.1. The predicted octanol–water partition coefficient (Wildman–Crippen LogP) is 15.0. The van der Waals surface area contributed by atoms with E-state index in [4.69, 9.17) is 22.8 Å². The van der Waals surface area contributed by atoms with E-state index in [0.717, 1.165) is 29.7 Å². The fourth-order valence-electron chi connectivity index (χ4n) is 12.6. The van der Waals surface area contributed by atoms with Crippen LogP contribution < -0.4 is 35.9 Å². The first-order valence-electron chi connectivity index (χ1n) is 30.5. The molecule has 0 N–H and O–H groups in total. The molecule has 84 heavy (non-hydrogen) atoms. The van der Waals surface area contributed by atoms with E-state index in [1.54, 1.807) is 7.11 Å². The van der Waals surface area contributed by atoms with E-state index >= 15 is 0 Å². The Hall–Kier alpha value is -5.98. The van der Waals surface area contributed by atoms with Crippen LogP contribution in [0.1, 0.15) is 127 Å². The van der Waals surface area contributed by atoms with Crippen LogP contribution in [-0.4, -0.2) is 63.8 Å². The van der Waals surface area contributed by atoms with Crippen LogP contribution in [-0.2, 0) is 29.4 Å². The highest BCUT2D eigenvalue weighted by molar-refractivity contribution is 7.00. The van der Waals surface area contributed by atoms with Crippen molar-refractivity contribution in [3.63, 3.8) is 0 Å². The molecule has 0 bridgehead atoms. The first kappa shape index (κ1) is 65.6. The maximum absolute atomic E-state index is 13.8. The smallest absolute Gasteiger partial charge is 0.261 e. The predicted molar refractivity (Wildman–Crippen MR) is 360 cm³/mol. The summed E-state index contributed by atoms with van der Waals surface area (Å²) in [6.07, 6.45) is 5.67. The summed E-state index contributed by atoms with van der Waals surface area (Å²) in [6.45, 7) is 29.7. The Morgan fingerprint density at radius 2 is 0.857 bits per heavy atom. The standard InChI is InChI=1S/C75H96O6Si3/c1-60(35-32-33-36-63(76)37-34-50-71(78-57-62-51-53-64(77-13)54-52-62)61(2)56-79-82(72(3,4)5,65-38-20-14-21-39-65)66-40-22-15-23-41-66)55-75(12,58-80-83(73(6,7)8,67-42-24-16-25-43-67)68-44-26-17-27-45-68)59-81-84(74(9,10)11,69-46-28-18-29-47-69)70-48-30-19-31-49-70/h14-32,38-49,51-54,61,71H,33-34,36-37,50,55-59H2,1-13H3/t35?,61-,71-/m0/s1. The van der Waals surface area contributed by atoms with Gasteiger partial charge >= 0.3 is 0 Å². The number of methoxy groups -OCH3 is 1. The monoisotopic (exact) mass is 1180 g/mol. The van der Waals surface area contributed by atoms with Gasteiger partial charge in [0.1, 0.15) is 11.5 Å². The lowest BCUT2D eigenvalue weighted by molar-refractivity contribution is -0.119. The van der Waals surface area contributed by atoms with Crippen molar-refractivity contribution in [2.75, 3.05) is 26.9 Å². The fourth-order valence-corrected chi connectivity index (χ4v) is 26.7. The highest BCUT2D eigenvalue weighted by atomic mass is 28.4. The Kier molecular flexibility index (Phi) is 23.0. The molecule has 0 radical (unpaired) electrons. The molecular formula is C75H96O6Si3. The number of ketones is 1. The molecule has 0 amide bonds. The lowest BCUT2D eigenvalue weighted by atomic mass is 9.86. The zero-order chi connectivity index (χ0) is 60.5. The summed E-state index contributed by atoms with van der Waals surface area (Å²) in [5.74, 6) is 1.12.